The number of esters is 3. The van der Waals surface area contributed by atoms with Crippen molar-refractivity contribution in [3.8, 4) is 0 Å². The van der Waals surface area contributed by atoms with Crippen molar-refractivity contribution in [1.82, 2.24) is 0 Å². The Hall–Kier alpha value is -1.80. The largest absolute Gasteiger partial charge is 0.458 e. The van der Waals surface area contributed by atoms with Crippen LogP contribution in [0.1, 0.15) is 26.7 Å². The molecule has 0 radical (unpaired) electrons. The van der Waals surface area contributed by atoms with Gasteiger partial charge in [0.05, 0.1) is 5.92 Å². The minimum absolute atomic E-state index is 0.00252. The molecule has 5 atom stereocenters. The number of alkyl halides is 3. The summed E-state index contributed by atoms with van der Waals surface area (Å²) in [6.07, 6.45) is -4.59. The molecule has 134 valence electrons. The van der Waals surface area contributed by atoms with Gasteiger partial charge in [-0.3, -0.25) is 9.59 Å². The zero-order valence-corrected chi connectivity index (χ0v) is 13.1. The molecule has 3 fully saturated rings. The first-order valence-electron chi connectivity index (χ1n) is 7.66. The molecule has 0 N–H and O–H groups in total. The number of rotatable bonds is 4. The third-order valence-electron chi connectivity index (χ3n) is 5.22. The van der Waals surface area contributed by atoms with E-state index >= 15 is 0 Å². The number of carbonyl (C=O) groups is 3. The first kappa shape index (κ1) is 17.0. The average Bonchev–Trinajstić information content (AvgIpc) is 3.08. The summed E-state index contributed by atoms with van der Waals surface area (Å²) in [5.41, 5.74) is -2.71. The van der Waals surface area contributed by atoms with Gasteiger partial charge in [0.25, 0.3) is 0 Å². The van der Waals surface area contributed by atoms with Crippen molar-refractivity contribution in [2.75, 3.05) is 6.61 Å². The molecule has 0 amide bonds. The van der Waals surface area contributed by atoms with Gasteiger partial charge in [-0.1, -0.05) is 0 Å². The molecule has 2 bridgehead atoms. The molecule has 2 aliphatic carbocycles. The van der Waals surface area contributed by atoms with E-state index in [1.54, 1.807) is 0 Å². The molecule has 24 heavy (non-hydrogen) atoms. The monoisotopic (exact) mass is 350 g/mol. The lowest BCUT2D eigenvalue weighted by atomic mass is 9.88. The Kier molecular flexibility index (Phi) is 3.80. The molecule has 6 nitrogen and oxygen atoms in total. The molecule has 0 aromatic rings. The molecule has 2 saturated carbocycles. The summed E-state index contributed by atoms with van der Waals surface area (Å²) in [7, 11) is 0. The fourth-order valence-electron chi connectivity index (χ4n) is 3.67. The van der Waals surface area contributed by atoms with Gasteiger partial charge in [-0.05, 0) is 26.7 Å². The molecular formula is C15H17F3O6. The Morgan fingerprint density at radius 3 is 2.54 bits per heavy atom. The summed E-state index contributed by atoms with van der Waals surface area (Å²) in [6.45, 7) is 0.444. The van der Waals surface area contributed by atoms with Crippen molar-refractivity contribution in [2.24, 2.45) is 23.2 Å². The number of hydrogen-bond donors (Lipinski definition) is 0. The quantitative estimate of drug-likeness (QED) is 0.566. The molecule has 5 unspecified atom stereocenters. The van der Waals surface area contributed by atoms with Crippen LogP contribution in [-0.4, -0.2) is 42.9 Å². The maximum atomic E-state index is 12.7. The SMILES string of the molecule is CC(C)(C(=O)OCC(=O)OC1C2CC3C(=O)OC1C3C2)C(F)(F)F. The minimum Gasteiger partial charge on any atom is -0.458 e. The van der Waals surface area contributed by atoms with Crippen molar-refractivity contribution < 1.29 is 41.8 Å². The molecule has 1 heterocycles. The Bertz CT molecular complexity index is 584. The van der Waals surface area contributed by atoms with Crippen LogP contribution in [0.5, 0.6) is 0 Å². The molecule has 3 aliphatic rings. The van der Waals surface area contributed by atoms with Gasteiger partial charge < -0.3 is 14.2 Å². The van der Waals surface area contributed by atoms with E-state index in [2.05, 4.69) is 4.74 Å². The zero-order chi connectivity index (χ0) is 17.9. The predicted octanol–water partition coefficient (Wildman–Crippen LogP) is 1.61. The molecule has 0 aromatic heterocycles. The lowest BCUT2D eigenvalue weighted by molar-refractivity contribution is -0.226. The summed E-state index contributed by atoms with van der Waals surface area (Å²) in [5.74, 6) is -2.88. The third-order valence-corrected chi connectivity index (χ3v) is 5.22. The van der Waals surface area contributed by atoms with Gasteiger partial charge in [0.2, 0.25) is 0 Å². The highest BCUT2D eigenvalue weighted by Crippen LogP contribution is 2.55. The van der Waals surface area contributed by atoms with E-state index in [0.29, 0.717) is 20.3 Å². The van der Waals surface area contributed by atoms with Crippen LogP contribution in [0.4, 0.5) is 13.2 Å². The maximum absolute atomic E-state index is 12.7. The Balaban J connectivity index is 1.53. The van der Waals surface area contributed by atoms with Gasteiger partial charge in [0.15, 0.2) is 12.0 Å². The van der Waals surface area contributed by atoms with Gasteiger partial charge in [0.1, 0.15) is 12.2 Å². The van der Waals surface area contributed by atoms with E-state index < -0.39 is 42.3 Å². The summed E-state index contributed by atoms with van der Waals surface area (Å²) in [4.78, 5) is 34.9. The van der Waals surface area contributed by atoms with Crippen molar-refractivity contribution in [3.05, 3.63) is 0 Å². The molecule has 1 saturated heterocycles. The molecule has 1 aliphatic heterocycles. The highest BCUT2D eigenvalue weighted by atomic mass is 19.4. The summed E-state index contributed by atoms with van der Waals surface area (Å²) in [6, 6.07) is 0. The van der Waals surface area contributed by atoms with Gasteiger partial charge in [-0.25, -0.2) is 4.79 Å². The standard InChI is InChI=1S/C15H17F3O6/c1-14(2,15(16,17)18)13(21)22-5-9(19)23-10-6-3-7-8(4-6)12(20)24-11(7)10/h6-8,10-11H,3-5H2,1-2H3. The van der Waals surface area contributed by atoms with Crippen molar-refractivity contribution in [3.63, 3.8) is 0 Å². The fourth-order valence-corrected chi connectivity index (χ4v) is 3.67. The second-order valence-corrected chi connectivity index (χ2v) is 7.06. The van der Waals surface area contributed by atoms with Crippen LogP contribution < -0.4 is 0 Å². The molecule has 0 spiro atoms. The molecule has 3 rings (SSSR count). The van der Waals surface area contributed by atoms with Crippen LogP contribution in [-0.2, 0) is 28.6 Å². The molecular weight excluding hydrogens is 333 g/mol. The van der Waals surface area contributed by atoms with Gasteiger partial charge in [0, 0.05) is 11.8 Å². The number of ether oxygens (including phenoxy) is 3. The Labute approximate surface area is 135 Å². The highest BCUT2D eigenvalue weighted by molar-refractivity contribution is 5.81. The zero-order valence-electron chi connectivity index (χ0n) is 13.1. The van der Waals surface area contributed by atoms with Gasteiger partial charge in [-0.2, -0.15) is 13.2 Å². The number of carbonyl (C=O) groups excluding carboxylic acids is 3. The van der Waals surface area contributed by atoms with Crippen LogP contribution in [0.2, 0.25) is 0 Å². The Morgan fingerprint density at radius 2 is 1.92 bits per heavy atom. The normalized spacial score (nSPS) is 34.2. The van der Waals surface area contributed by atoms with Crippen molar-refractivity contribution >= 4 is 17.9 Å². The van der Waals surface area contributed by atoms with Crippen LogP contribution in [0, 0.1) is 23.2 Å². The fraction of sp³-hybridized carbons (Fsp3) is 0.800. The number of fused-ring (bicyclic) bond motifs is 1. The summed E-state index contributed by atoms with van der Waals surface area (Å²) in [5, 5.41) is 0. The van der Waals surface area contributed by atoms with Crippen LogP contribution in [0.15, 0.2) is 0 Å². The third kappa shape index (κ3) is 2.53. The summed E-state index contributed by atoms with van der Waals surface area (Å²) < 4.78 is 53.0. The number of halogens is 3. The van der Waals surface area contributed by atoms with E-state index in [9.17, 15) is 27.6 Å². The minimum atomic E-state index is -4.79. The van der Waals surface area contributed by atoms with Crippen LogP contribution >= 0.6 is 0 Å². The van der Waals surface area contributed by atoms with E-state index in [1.807, 2.05) is 0 Å². The smallest absolute Gasteiger partial charge is 0.404 e. The van der Waals surface area contributed by atoms with E-state index in [1.165, 1.54) is 0 Å². The number of hydrogen-bond acceptors (Lipinski definition) is 6. The Morgan fingerprint density at radius 1 is 1.25 bits per heavy atom. The lowest BCUT2D eigenvalue weighted by Crippen LogP contribution is -2.42. The first-order chi connectivity index (χ1) is 11.0. The van der Waals surface area contributed by atoms with E-state index in [-0.39, 0.29) is 23.7 Å². The van der Waals surface area contributed by atoms with Crippen LogP contribution in [0.3, 0.4) is 0 Å². The first-order valence-corrected chi connectivity index (χ1v) is 7.66. The van der Waals surface area contributed by atoms with Crippen molar-refractivity contribution in [2.45, 2.75) is 45.1 Å². The summed E-state index contributed by atoms with van der Waals surface area (Å²) >= 11 is 0. The second kappa shape index (κ2) is 5.35. The second-order valence-electron chi connectivity index (χ2n) is 7.06. The van der Waals surface area contributed by atoms with Crippen molar-refractivity contribution in [1.29, 1.82) is 0 Å². The topological polar surface area (TPSA) is 78.9 Å². The van der Waals surface area contributed by atoms with E-state index in [0.717, 1.165) is 6.42 Å². The van der Waals surface area contributed by atoms with E-state index in [4.69, 9.17) is 9.47 Å². The molecule has 9 heteroatoms. The molecule has 0 aromatic carbocycles. The average molecular weight is 350 g/mol. The lowest BCUT2D eigenvalue weighted by Gasteiger charge is -2.26. The highest BCUT2D eigenvalue weighted by Gasteiger charge is 2.63. The maximum Gasteiger partial charge on any atom is 0.404 e. The predicted molar refractivity (Wildman–Crippen MR) is 70.3 cm³/mol. The van der Waals surface area contributed by atoms with Crippen LogP contribution in [0.25, 0.3) is 0 Å². The van der Waals surface area contributed by atoms with Gasteiger partial charge >= 0.3 is 24.1 Å². The van der Waals surface area contributed by atoms with Gasteiger partial charge in [-0.15, -0.1) is 0 Å².